The number of methoxy groups -OCH3 is 2. The molecule has 1 atom stereocenters. The van der Waals surface area contributed by atoms with E-state index >= 15 is 0 Å². The number of aromatic nitrogens is 1. The summed E-state index contributed by atoms with van der Waals surface area (Å²) >= 11 is 0. The fraction of sp³-hybridized carbons (Fsp3) is 0.206. The Bertz CT molecular complexity index is 1580. The van der Waals surface area contributed by atoms with Crippen molar-refractivity contribution in [3.63, 3.8) is 0 Å². The van der Waals surface area contributed by atoms with Crippen LogP contribution in [0.3, 0.4) is 0 Å². The number of nitrogens with one attached hydrogen (secondary N) is 1. The third-order valence-electron chi connectivity index (χ3n) is 7.22. The van der Waals surface area contributed by atoms with Crippen LogP contribution in [0.25, 0.3) is 10.9 Å². The number of fused-ring (bicyclic) bond motifs is 1. The number of carbonyl (C=O) groups excluding carboxylic acids is 1. The smallest absolute Gasteiger partial charge is 0.223 e. The lowest BCUT2D eigenvalue weighted by Gasteiger charge is -2.23. The molecule has 40 heavy (non-hydrogen) atoms. The third kappa shape index (κ3) is 6.12. The van der Waals surface area contributed by atoms with E-state index in [1.54, 1.807) is 14.2 Å². The van der Waals surface area contributed by atoms with Crippen LogP contribution in [-0.2, 0) is 11.2 Å². The van der Waals surface area contributed by atoms with Gasteiger partial charge in [0.1, 0.15) is 11.5 Å². The van der Waals surface area contributed by atoms with E-state index in [1.165, 1.54) is 0 Å². The highest BCUT2D eigenvalue weighted by atomic mass is 16.5. The van der Waals surface area contributed by atoms with Gasteiger partial charge in [-0.15, -0.1) is 0 Å². The summed E-state index contributed by atoms with van der Waals surface area (Å²) in [4.78, 5) is 18.8. The van der Waals surface area contributed by atoms with Crippen molar-refractivity contribution in [2.75, 3.05) is 27.8 Å². The van der Waals surface area contributed by atoms with E-state index < -0.39 is 0 Å². The normalized spacial score (nSPS) is 11.7. The lowest BCUT2D eigenvalue weighted by molar-refractivity contribution is -0.130. The number of rotatable bonds is 11. The number of nitrogens with zero attached hydrogens (tertiary/aromatic N) is 1. The zero-order chi connectivity index (χ0) is 27.9. The van der Waals surface area contributed by atoms with Gasteiger partial charge in [-0.3, -0.25) is 4.79 Å². The number of hydrogen-bond donors (Lipinski definition) is 1. The molecular weight excluding hydrogens is 500 g/mol. The summed E-state index contributed by atoms with van der Waals surface area (Å²) in [5.41, 5.74) is 4.25. The molecule has 1 unspecified atom stereocenters. The summed E-state index contributed by atoms with van der Waals surface area (Å²) < 4.78 is 16.9. The van der Waals surface area contributed by atoms with Gasteiger partial charge in [-0.25, -0.2) is 0 Å². The molecule has 0 saturated carbocycles. The Morgan fingerprint density at radius 3 is 2.38 bits per heavy atom. The lowest BCUT2D eigenvalue weighted by atomic mass is 9.87. The summed E-state index contributed by atoms with van der Waals surface area (Å²) in [5.74, 6) is 2.82. The van der Waals surface area contributed by atoms with Crippen LogP contribution in [0.5, 0.6) is 23.0 Å². The van der Waals surface area contributed by atoms with Crippen molar-refractivity contribution < 1.29 is 19.0 Å². The maximum Gasteiger partial charge on any atom is 0.223 e. The van der Waals surface area contributed by atoms with Crippen molar-refractivity contribution in [3.8, 4) is 23.0 Å². The average molecular weight is 535 g/mol. The van der Waals surface area contributed by atoms with Gasteiger partial charge in [-0.05, 0) is 65.6 Å². The quantitative estimate of drug-likeness (QED) is 0.195. The summed E-state index contributed by atoms with van der Waals surface area (Å²) in [6, 6.07) is 31.8. The van der Waals surface area contributed by atoms with Crippen LogP contribution in [0.1, 0.15) is 29.0 Å². The highest BCUT2D eigenvalue weighted by molar-refractivity contribution is 5.86. The van der Waals surface area contributed by atoms with Gasteiger partial charge in [-0.2, -0.15) is 0 Å². The van der Waals surface area contributed by atoms with Crippen LogP contribution in [-0.4, -0.2) is 43.6 Å². The van der Waals surface area contributed by atoms with E-state index in [9.17, 15) is 4.79 Å². The minimum absolute atomic E-state index is 0.0742. The van der Waals surface area contributed by atoms with Crippen LogP contribution in [0.4, 0.5) is 0 Å². The zero-order valence-corrected chi connectivity index (χ0v) is 23.1. The number of likely N-dealkylation sites (N-methyl/N-ethyl adjacent to an activating group) is 1. The van der Waals surface area contributed by atoms with Gasteiger partial charge in [0.2, 0.25) is 5.91 Å². The first-order valence-corrected chi connectivity index (χ1v) is 13.4. The number of amides is 1. The van der Waals surface area contributed by atoms with E-state index in [4.69, 9.17) is 14.2 Å². The Hall–Kier alpha value is -4.71. The number of hydrogen-bond acceptors (Lipinski definition) is 4. The Morgan fingerprint density at radius 1 is 0.825 bits per heavy atom. The highest BCUT2D eigenvalue weighted by Crippen LogP contribution is 2.36. The molecule has 0 aliphatic carbocycles. The predicted molar refractivity (Wildman–Crippen MR) is 159 cm³/mol. The first-order chi connectivity index (χ1) is 19.6. The molecule has 0 aliphatic rings. The van der Waals surface area contributed by atoms with Crippen molar-refractivity contribution in [2.24, 2.45) is 0 Å². The molecular formula is C34H34N2O4. The second-order valence-corrected chi connectivity index (χ2v) is 9.79. The molecule has 5 rings (SSSR count). The second-order valence-electron chi connectivity index (χ2n) is 9.79. The highest BCUT2D eigenvalue weighted by Gasteiger charge is 2.24. The van der Waals surface area contributed by atoms with Gasteiger partial charge < -0.3 is 24.1 Å². The Kier molecular flexibility index (Phi) is 8.35. The zero-order valence-electron chi connectivity index (χ0n) is 23.1. The van der Waals surface area contributed by atoms with Crippen LogP contribution >= 0.6 is 0 Å². The van der Waals surface area contributed by atoms with Crippen molar-refractivity contribution in [2.45, 2.75) is 18.8 Å². The Labute approximate surface area is 235 Å². The molecule has 1 heterocycles. The first-order valence-electron chi connectivity index (χ1n) is 13.4. The van der Waals surface area contributed by atoms with Crippen molar-refractivity contribution >= 4 is 16.8 Å². The van der Waals surface area contributed by atoms with Gasteiger partial charge in [0.15, 0.2) is 11.5 Å². The molecule has 0 spiro atoms. The number of para-hydroxylation sites is 2. The van der Waals surface area contributed by atoms with Crippen molar-refractivity contribution in [1.82, 2.24) is 9.88 Å². The number of H-pyrrole nitrogens is 1. The molecule has 0 fully saturated rings. The number of carbonyl (C=O) groups is 1. The summed E-state index contributed by atoms with van der Waals surface area (Å²) in [6.45, 7) is 0.589. The second kappa shape index (κ2) is 12.4. The summed E-state index contributed by atoms with van der Waals surface area (Å²) in [5, 5.41) is 1.11. The molecule has 0 aliphatic heterocycles. The molecule has 0 bridgehead atoms. The monoisotopic (exact) mass is 534 g/mol. The molecule has 0 saturated heterocycles. The van der Waals surface area contributed by atoms with Crippen LogP contribution < -0.4 is 14.2 Å². The van der Waals surface area contributed by atoms with Crippen molar-refractivity contribution in [3.05, 3.63) is 120 Å². The molecule has 4 aromatic carbocycles. The van der Waals surface area contributed by atoms with Crippen molar-refractivity contribution in [1.29, 1.82) is 0 Å². The Morgan fingerprint density at radius 2 is 1.57 bits per heavy atom. The van der Waals surface area contributed by atoms with E-state index in [2.05, 4.69) is 23.2 Å². The van der Waals surface area contributed by atoms with Crippen LogP contribution in [0.15, 0.2) is 103 Å². The van der Waals surface area contributed by atoms with E-state index in [-0.39, 0.29) is 11.8 Å². The van der Waals surface area contributed by atoms with E-state index in [1.807, 2.05) is 97.0 Å². The molecule has 6 heteroatoms. The molecule has 1 amide bonds. The average Bonchev–Trinajstić information content (AvgIpc) is 3.43. The minimum atomic E-state index is -0.147. The third-order valence-corrected chi connectivity index (χ3v) is 7.22. The Balaban J connectivity index is 1.37. The minimum Gasteiger partial charge on any atom is -0.493 e. The molecule has 204 valence electrons. The molecule has 0 radical (unpaired) electrons. The number of benzene rings is 4. The summed E-state index contributed by atoms with van der Waals surface area (Å²) in [7, 11) is 5.11. The standard InChI is InChI=1S/C34H34N2O4/c1-36(19-18-24-16-17-32(38-2)33(20-24)39-3)34(37)22-29(30-23-35-31-15-8-7-14-28(30)31)25-10-9-13-27(21-25)40-26-11-5-4-6-12-26/h4-17,20-21,23,29,35H,18-19,22H2,1-3H3. The number of ether oxygens (including phenoxy) is 3. The van der Waals surface area contributed by atoms with E-state index in [0.717, 1.165) is 39.1 Å². The maximum atomic E-state index is 13.6. The maximum absolute atomic E-state index is 13.6. The summed E-state index contributed by atoms with van der Waals surface area (Å²) in [6.07, 6.45) is 3.07. The topological polar surface area (TPSA) is 63.8 Å². The van der Waals surface area contributed by atoms with E-state index in [0.29, 0.717) is 30.9 Å². The van der Waals surface area contributed by atoms with Gasteiger partial charge in [-0.1, -0.05) is 54.6 Å². The fourth-order valence-electron chi connectivity index (χ4n) is 5.00. The van der Waals surface area contributed by atoms with Gasteiger partial charge >= 0.3 is 0 Å². The molecule has 1 aromatic heterocycles. The first kappa shape index (κ1) is 26.9. The molecule has 6 nitrogen and oxygen atoms in total. The SMILES string of the molecule is COc1ccc(CCN(C)C(=O)CC(c2cccc(Oc3ccccc3)c2)c2c[nH]c3ccccc23)cc1OC. The van der Waals surface area contributed by atoms with Gasteiger partial charge in [0, 0.05) is 43.0 Å². The fourth-order valence-corrected chi connectivity index (χ4v) is 5.00. The van der Waals surface area contributed by atoms with Gasteiger partial charge in [0.05, 0.1) is 14.2 Å². The largest absolute Gasteiger partial charge is 0.493 e. The number of aromatic amines is 1. The van der Waals surface area contributed by atoms with Crippen LogP contribution in [0.2, 0.25) is 0 Å². The van der Waals surface area contributed by atoms with Gasteiger partial charge in [0.25, 0.3) is 0 Å². The molecule has 1 N–H and O–H groups in total. The predicted octanol–water partition coefficient (Wildman–Crippen LogP) is 7.20. The molecule has 5 aromatic rings. The lowest BCUT2D eigenvalue weighted by Crippen LogP contribution is -2.30. The van der Waals surface area contributed by atoms with Crippen LogP contribution in [0, 0.1) is 0 Å².